The van der Waals surface area contributed by atoms with Crippen LogP contribution in [0, 0.1) is 19.8 Å². The molecule has 3 atom stereocenters. The normalized spacial score (nSPS) is 14.6. The molecule has 0 bridgehead atoms. The summed E-state index contributed by atoms with van der Waals surface area (Å²) in [5.74, 6) is 0.00537. The minimum Gasteiger partial charge on any atom is -0.483 e. The molecule has 2 unspecified atom stereocenters. The quantitative estimate of drug-likeness (QED) is 0.198. The first kappa shape index (κ1) is 37.1. The second kappa shape index (κ2) is 19.3. The highest BCUT2D eigenvalue weighted by atomic mass is 16.5. The highest BCUT2D eigenvalue weighted by molar-refractivity contribution is 5.87. The van der Waals surface area contributed by atoms with E-state index in [1.54, 1.807) is 4.90 Å². The fraction of sp³-hybridized carbons (Fsp3) is 0.447. The number of aliphatic hydroxyl groups excluding tert-OH is 1. The molecule has 0 saturated carbocycles. The molecule has 4 rings (SSSR count). The number of rotatable bonds is 14. The van der Waals surface area contributed by atoms with Gasteiger partial charge in [-0.1, -0.05) is 99.6 Å². The van der Waals surface area contributed by atoms with Crippen molar-refractivity contribution in [3.8, 4) is 5.75 Å². The lowest BCUT2D eigenvalue weighted by atomic mass is 9.97. The molecule has 4 amide bonds. The molecule has 9 nitrogen and oxygen atoms in total. The summed E-state index contributed by atoms with van der Waals surface area (Å²) in [6, 6.07) is 24.7. The predicted molar refractivity (Wildman–Crippen MR) is 186 cm³/mol. The van der Waals surface area contributed by atoms with E-state index in [2.05, 4.69) is 47.1 Å². The average molecular weight is 645 g/mol. The Morgan fingerprint density at radius 2 is 1.55 bits per heavy atom. The van der Waals surface area contributed by atoms with Crippen LogP contribution in [0.1, 0.15) is 55.9 Å². The summed E-state index contributed by atoms with van der Waals surface area (Å²) in [5.41, 5.74) is 4.32. The molecule has 1 fully saturated rings. The van der Waals surface area contributed by atoms with Crippen molar-refractivity contribution in [1.29, 1.82) is 0 Å². The van der Waals surface area contributed by atoms with Crippen molar-refractivity contribution in [3.05, 3.63) is 101 Å². The number of nitrogens with one attached hydrogen (secondary N) is 3. The first-order valence-electron chi connectivity index (χ1n) is 16.7. The third-order valence-electron chi connectivity index (χ3n) is 8.12. The third kappa shape index (κ3) is 12.4. The molecular weight excluding hydrogens is 592 g/mol. The lowest BCUT2D eigenvalue weighted by Crippen LogP contribution is -2.59. The molecule has 9 heteroatoms. The molecule has 4 N–H and O–H groups in total. The Morgan fingerprint density at radius 1 is 0.936 bits per heavy atom. The molecule has 3 aromatic carbocycles. The van der Waals surface area contributed by atoms with Gasteiger partial charge in [-0.15, -0.1) is 0 Å². The summed E-state index contributed by atoms with van der Waals surface area (Å²) in [4.78, 5) is 39.9. The van der Waals surface area contributed by atoms with Gasteiger partial charge in [0, 0.05) is 25.7 Å². The number of hydrogen-bond acceptors (Lipinski definition) is 5. The number of aliphatic hydroxyl groups is 1. The van der Waals surface area contributed by atoms with E-state index in [4.69, 9.17) is 4.74 Å². The van der Waals surface area contributed by atoms with Gasteiger partial charge in [-0.25, -0.2) is 4.79 Å². The van der Waals surface area contributed by atoms with Gasteiger partial charge in [0.25, 0.3) is 5.91 Å². The Kier molecular flexibility index (Phi) is 15.3. The van der Waals surface area contributed by atoms with E-state index in [1.165, 1.54) is 5.56 Å². The number of carbonyl (C=O) groups is 3. The molecule has 1 saturated heterocycles. The second-order valence-corrected chi connectivity index (χ2v) is 12.4. The van der Waals surface area contributed by atoms with Crippen LogP contribution < -0.4 is 20.7 Å². The highest BCUT2D eigenvalue weighted by Gasteiger charge is 2.35. The molecule has 3 aromatic rings. The molecule has 1 heterocycles. The van der Waals surface area contributed by atoms with E-state index in [9.17, 15) is 19.5 Å². The molecule has 47 heavy (non-hydrogen) atoms. The zero-order valence-electron chi connectivity index (χ0n) is 28.5. The Bertz CT molecular complexity index is 1380. The third-order valence-corrected chi connectivity index (χ3v) is 8.12. The van der Waals surface area contributed by atoms with E-state index >= 15 is 0 Å². The summed E-state index contributed by atoms with van der Waals surface area (Å²) in [7, 11) is 0. The number of carbonyl (C=O) groups excluding carboxylic acids is 3. The van der Waals surface area contributed by atoms with Gasteiger partial charge in [0.1, 0.15) is 11.8 Å². The number of nitrogens with zero attached hydrogens (tertiary/aromatic N) is 1. The molecular formula is C38H52N4O5. The topological polar surface area (TPSA) is 120 Å². The molecule has 254 valence electrons. The number of aryl methyl sites for hydroxylation is 3. The van der Waals surface area contributed by atoms with Gasteiger partial charge in [-0.2, -0.15) is 0 Å². The summed E-state index contributed by atoms with van der Waals surface area (Å²) >= 11 is 0. The van der Waals surface area contributed by atoms with Crippen LogP contribution in [0.15, 0.2) is 78.9 Å². The van der Waals surface area contributed by atoms with E-state index < -0.39 is 18.2 Å². The zero-order chi connectivity index (χ0) is 34.2. The number of hydrogen-bond donors (Lipinski definition) is 4. The van der Waals surface area contributed by atoms with Crippen molar-refractivity contribution in [2.75, 3.05) is 26.2 Å². The number of benzene rings is 3. The summed E-state index contributed by atoms with van der Waals surface area (Å²) in [6.45, 7) is 10.8. The summed E-state index contributed by atoms with van der Waals surface area (Å²) < 4.78 is 5.70. The molecule has 0 aromatic heterocycles. The zero-order valence-corrected chi connectivity index (χ0v) is 28.5. The van der Waals surface area contributed by atoms with Crippen molar-refractivity contribution in [3.63, 3.8) is 0 Å². The lowest BCUT2D eigenvalue weighted by Gasteiger charge is -2.37. The van der Waals surface area contributed by atoms with E-state index in [0.717, 1.165) is 29.5 Å². The monoisotopic (exact) mass is 644 g/mol. The van der Waals surface area contributed by atoms with Crippen LogP contribution in [0.4, 0.5) is 4.79 Å². The Balaban J connectivity index is 0.000000653. The van der Waals surface area contributed by atoms with Crippen molar-refractivity contribution < 1.29 is 24.2 Å². The maximum Gasteiger partial charge on any atom is 0.318 e. The highest BCUT2D eigenvalue weighted by Crippen LogP contribution is 2.22. The molecule has 0 radical (unpaired) electrons. The maximum absolute atomic E-state index is 13.5. The second-order valence-electron chi connectivity index (χ2n) is 12.4. The predicted octanol–water partition coefficient (Wildman–Crippen LogP) is 4.97. The van der Waals surface area contributed by atoms with Crippen molar-refractivity contribution >= 4 is 17.8 Å². The van der Waals surface area contributed by atoms with E-state index in [0.29, 0.717) is 25.3 Å². The van der Waals surface area contributed by atoms with Gasteiger partial charge < -0.3 is 30.7 Å². The minimum absolute atomic E-state index is 0.0260. The van der Waals surface area contributed by atoms with Gasteiger partial charge in [0.2, 0.25) is 5.91 Å². The van der Waals surface area contributed by atoms with Crippen molar-refractivity contribution in [1.82, 2.24) is 20.9 Å². The standard InChI is InChI=1S/C30H42N4O5.C8H10/c1-20(2)27(34-15-9-14-31-30(34)38)29(37)33-24(16-23-12-6-5-7-13-23)17-25(35)18-32-26(36)19-39-28-21(3)10-8-11-22(28)4;1-2-8-6-4-3-5-7-8/h5-8,10-13,20,24-25,27,35H,9,14-19H2,1-4H3,(H,31,38)(H,32,36)(H,33,37);3-7H,2H2,1H3/t24-,25?,27?;/m0./s1. The summed E-state index contributed by atoms with van der Waals surface area (Å²) in [5, 5.41) is 19.4. The van der Waals surface area contributed by atoms with Crippen molar-refractivity contribution in [2.24, 2.45) is 5.92 Å². The minimum atomic E-state index is -0.890. The van der Waals surface area contributed by atoms with Gasteiger partial charge in [-0.05, 0) is 67.7 Å². The van der Waals surface area contributed by atoms with Crippen LogP contribution in [0.25, 0.3) is 0 Å². The lowest BCUT2D eigenvalue weighted by molar-refractivity contribution is -0.128. The molecule has 1 aliphatic rings. The smallest absolute Gasteiger partial charge is 0.318 e. The first-order chi connectivity index (χ1) is 22.6. The Morgan fingerprint density at radius 3 is 2.11 bits per heavy atom. The number of urea groups is 1. The summed E-state index contributed by atoms with van der Waals surface area (Å²) in [6.07, 6.45) is 1.76. The average Bonchev–Trinajstić information content (AvgIpc) is 3.05. The maximum atomic E-state index is 13.5. The first-order valence-corrected chi connectivity index (χ1v) is 16.7. The molecule has 0 spiro atoms. The van der Waals surface area contributed by atoms with Gasteiger partial charge >= 0.3 is 6.03 Å². The van der Waals surface area contributed by atoms with Crippen LogP contribution >= 0.6 is 0 Å². The Hall–Kier alpha value is -4.37. The van der Waals surface area contributed by atoms with Crippen LogP contribution in [-0.2, 0) is 22.4 Å². The number of para-hydroxylation sites is 1. The largest absolute Gasteiger partial charge is 0.483 e. The van der Waals surface area contributed by atoms with Crippen LogP contribution in [0.5, 0.6) is 5.75 Å². The van der Waals surface area contributed by atoms with Gasteiger partial charge in [-0.3, -0.25) is 9.59 Å². The fourth-order valence-corrected chi connectivity index (χ4v) is 5.67. The van der Waals surface area contributed by atoms with Gasteiger partial charge in [0.15, 0.2) is 6.61 Å². The van der Waals surface area contributed by atoms with Gasteiger partial charge in [0.05, 0.1) is 6.10 Å². The molecule has 0 aliphatic carbocycles. The number of amides is 4. The van der Waals surface area contributed by atoms with Crippen LogP contribution in [0.3, 0.4) is 0 Å². The SMILES string of the molecule is CCc1ccccc1.Cc1cccc(C)c1OCC(=O)NCC(O)C[C@H](Cc1ccccc1)NC(=O)C(C(C)C)N1CCCNC1=O. The van der Waals surface area contributed by atoms with Crippen molar-refractivity contribution in [2.45, 2.75) is 78.5 Å². The van der Waals surface area contributed by atoms with Crippen LogP contribution in [0.2, 0.25) is 0 Å². The molecule has 1 aliphatic heterocycles. The fourth-order valence-electron chi connectivity index (χ4n) is 5.67. The van der Waals surface area contributed by atoms with Crippen LogP contribution in [-0.4, -0.2) is 72.3 Å². The van der Waals surface area contributed by atoms with E-state index in [1.807, 2.05) is 82.3 Å². The van der Waals surface area contributed by atoms with E-state index in [-0.39, 0.29) is 43.3 Å². The Labute approximate surface area is 280 Å². The number of ether oxygens (including phenoxy) is 1.